The molecule has 3 nitrogen and oxygen atoms in total. The fourth-order valence-corrected chi connectivity index (χ4v) is 1.44. The highest BCUT2D eigenvalue weighted by Crippen LogP contribution is 2.04. The number of furan rings is 1. The van der Waals surface area contributed by atoms with E-state index in [2.05, 4.69) is 23.8 Å². The highest BCUT2D eigenvalue weighted by atomic mass is 16.3. The van der Waals surface area contributed by atoms with Crippen molar-refractivity contribution in [3.63, 3.8) is 0 Å². The van der Waals surface area contributed by atoms with Crippen LogP contribution in [0.3, 0.4) is 0 Å². The van der Waals surface area contributed by atoms with E-state index in [0.717, 1.165) is 19.6 Å². The first-order chi connectivity index (χ1) is 6.72. The van der Waals surface area contributed by atoms with Crippen molar-refractivity contribution in [3.05, 3.63) is 36.3 Å². The highest BCUT2D eigenvalue weighted by molar-refractivity contribution is 5.06. The van der Waals surface area contributed by atoms with Gasteiger partial charge in [0.1, 0.15) is 0 Å². The second kappa shape index (κ2) is 5.62. The van der Waals surface area contributed by atoms with Gasteiger partial charge in [-0.3, -0.25) is 4.90 Å². The minimum Gasteiger partial charge on any atom is -0.472 e. The molecule has 0 aliphatic heterocycles. The standard InChI is InChI=1S/C11H18N2O/c1-10(6-12-2)7-13(3)8-11-4-5-14-9-11/h4-5,9,12H,1,6-8H2,2-3H3. The molecule has 1 N–H and O–H groups in total. The second-order valence-electron chi connectivity index (χ2n) is 3.58. The van der Waals surface area contributed by atoms with Crippen LogP contribution in [0.15, 0.2) is 35.2 Å². The first kappa shape index (κ1) is 11.0. The maximum absolute atomic E-state index is 5.01. The first-order valence-electron chi connectivity index (χ1n) is 4.73. The Labute approximate surface area is 85.4 Å². The van der Waals surface area contributed by atoms with E-state index in [9.17, 15) is 0 Å². The number of nitrogens with zero attached hydrogens (tertiary/aromatic N) is 1. The van der Waals surface area contributed by atoms with E-state index in [1.54, 1.807) is 12.5 Å². The molecule has 0 spiro atoms. The van der Waals surface area contributed by atoms with Gasteiger partial charge in [0.05, 0.1) is 12.5 Å². The summed E-state index contributed by atoms with van der Waals surface area (Å²) in [5, 5.41) is 3.09. The zero-order valence-corrected chi connectivity index (χ0v) is 8.92. The van der Waals surface area contributed by atoms with Crippen molar-refractivity contribution in [1.82, 2.24) is 10.2 Å². The highest BCUT2D eigenvalue weighted by Gasteiger charge is 2.02. The summed E-state index contributed by atoms with van der Waals surface area (Å²) in [6.07, 6.45) is 3.48. The molecular weight excluding hydrogens is 176 g/mol. The molecule has 1 heterocycles. The van der Waals surface area contributed by atoms with Crippen molar-refractivity contribution in [2.75, 3.05) is 27.2 Å². The minimum absolute atomic E-state index is 0.871. The van der Waals surface area contributed by atoms with Crippen LogP contribution >= 0.6 is 0 Å². The average molecular weight is 194 g/mol. The van der Waals surface area contributed by atoms with Gasteiger partial charge in [-0.25, -0.2) is 0 Å². The van der Waals surface area contributed by atoms with Crippen molar-refractivity contribution in [3.8, 4) is 0 Å². The van der Waals surface area contributed by atoms with Crippen LogP contribution in [0.5, 0.6) is 0 Å². The molecule has 0 aromatic carbocycles. The van der Waals surface area contributed by atoms with E-state index in [-0.39, 0.29) is 0 Å². The molecule has 0 aliphatic carbocycles. The maximum atomic E-state index is 5.01. The number of hydrogen-bond donors (Lipinski definition) is 1. The van der Waals surface area contributed by atoms with E-state index in [0.29, 0.717) is 0 Å². The normalized spacial score (nSPS) is 10.8. The third-order valence-corrected chi connectivity index (χ3v) is 1.95. The van der Waals surface area contributed by atoms with Crippen molar-refractivity contribution < 1.29 is 4.42 Å². The summed E-state index contributed by atoms with van der Waals surface area (Å²) in [6, 6.07) is 1.98. The van der Waals surface area contributed by atoms with Gasteiger partial charge in [0.25, 0.3) is 0 Å². The van der Waals surface area contributed by atoms with E-state index in [1.807, 2.05) is 13.1 Å². The predicted octanol–water partition coefficient (Wildman–Crippen LogP) is 1.49. The topological polar surface area (TPSA) is 28.4 Å². The van der Waals surface area contributed by atoms with Gasteiger partial charge in [0, 0.05) is 25.2 Å². The SMILES string of the molecule is C=C(CNC)CN(C)Cc1ccoc1. The summed E-state index contributed by atoms with van der Waals surface area (Å²) in [7, 11) is 4.01. The molecule has 14 heavy (non-hydrogen) atoms. The second-order valence-corrected chi connectivity index (χ2v) is 3.58. The van der Waals surface area contributed by atoms with Crippen molar-refractivity contribution in [1.29, 1.82) is 0 Å². The van der Waals surface area contributed by atoms with Crippen LogP contribution in [0.2, 0.25) is 0 Å². The molecule has 0 amide bonds. The van der Waals surface area contributed by atoms with Gasteiger partial charge in [-0.05, 0) is 25.7 Å². The van der Waals surface area contributed by atoms with E-state index in [4.69, 9.17) is 4.42 Å². The van der Waals surface area contributed by atoms with Crippen LogP contribution in [-0.4, -0.2) is 32.1 Å². The molecule has 1 aromatic rings. The van der Waals surface area contributed by atoms with Crippen LogP contribution in [0.4, 0.5) is 0 Å². The van der Waals surface area contributed by atoms with Crippen LogP contribution < -0.4 is 5.32 Å². The summed E-state index contributed by atoms with van der Waals surface area (Å²) in [5.74, 6) is 0. The van der Waals surface area contributed by atoms with Gasteiger partial charge in [-0.2, -0.15) is 0 Å². The predicted molar refractivity (Wildman–Crippen MR) is 58.1 cm³/mol. The Morgan fingerprint density at radius 3 is 3.00 bits per heavy atom. The Morgan fingerprint density at radius 2 is 2.43 bits per heavy atom. The first-order valence-corrected chi connectivity index (χ1v) is 4.73. The molecule has 0 aliphatic rings. The fourth-order valence-electron chi connectivity index (χ4n) is 1.44. The number of hydrogen-bond acceptors (Lipinski definition) is 3. The van der Waals surface area contributed by atoms with Crippen molar-refractivity contribution in [2.45, 2.75) is 6.54 Å². The smallest absolute Gasteiger partial charge is 0.0947 e. The van der Waals surface area contributed by atoms with Crippen LogP contribution in [0.1, 0.15) is 5.56 Å². The van der Waals surface area contributed by atoms with Crippen molar-refractivity contribution in [2.24, 2.45) is 0 Å². The lowest BCUT2D eigenvalue weighted by atomic mass is 10.2. The van der Waals surface area contributed by atoms with Gasteiger partial charge in [0.2, 0.25) is 0 Å². The molecular formula is C11H18N2O. The lowest BCUT2D eigenvalue weighted by Crippen LogP contribution is -2.24. The molecule has 0 radical (unpaired) electrons. The number of rotatable bonds is 6. The molecule has 0 saturated heterocycles. The Kier molecular flexibility index (Phi) is 4.43. The van der Waals surface area contributed by atoms with Gasteiger partial charge < -0.3 is 9.73 Å². The molecule has 0 fully saturated rings. The zero-order chi connectivity index (χ0) is 10.4. The minimum atomic E-state index is 0.871. The summed E-state index contributed by atoms with van der Waals surface area (Å²) >= 11 is 0. The van der Waals surface area contributed by atoms with Gasteiger partial charge in [0.15, 0.2) is 0 Å². The molecule has 0 bridgehead atoms. The van der Waals surface area contributed by atoms with Gasteiger partial charge in [-0.15, -0.1) is 0 Å². The average Bonchev–Trinajstić information content (AvgIpc) is 2.56. The zero-order valence-electron chi connectivity index (χ0n) is 8.92. The lowest BCUT2D eigenvalue weighted by molar-refractivity contribution is 0.351. The monoisotopic (exact) mass is 194 g/mol. The third kappa shape index (κ3) is 3.77. The fraction of sp³-hybridized carbons (Fsp3) is 0.455. The summed E-state index contributed by atoms with van der Waals surface area (Å²) in [4.78, 5) is 2.21. The van der Waals surface area contributed by atoms with E-state index < -0.39 is 0 Å². The summed E-state index contributed by atoms with van der Waals surface area (Å²) in [6.45, 7) is 6.67. The molecule has 78 valence electrons. The molecule has 1 rings (SSSR count). The number of likely N-dealkylation sites (N-methyl/N-ethyl adjacent to an activating group) is 2. The Balaban J connectivity index is 2.29. The van der Waals surface area contributed by atoms with Gasteiger partial charge >= 0.3 is 0 Å². The van der Waals surface area contributed by atoms with Crippen LogP contribution in [0.25, 0.3) is 0 Å². The Morgan fingerprint density at radius 1 is 1.64 bits per heavy atom. The molecule has 0 atom stereocenters. The van der Waals surface area contributed by atoms with Crippen molar-refractivity contribution >= 4 is 0 Å². The number of nitrogens with one attached hydrogen (secondary N) is 1. The van der Waals surface area contributed by atoms with E-state index >= 15 is 0 Å². The largest absolute Gasteiger partial charge is 0.472 e. The van der Waals surface area contributed by atoms with Gasteiger partial charge in [-0.1, -0.05) is 6.58 Å². The maximum Gasteiger partial charge on any atom is 0.0947 e. The van der Waals surface area contributed by atoms with E-state index in [1.165, 1.54) is 11.1 Å². The summed E-state index contributed by atoms with van der Waals surface area (Å²) in [5.41, 5.74) is 2.39. The lowest BCUT2D eigenvalue weighted by Gasteiger charge is -2.16. The van der Waals surface area contributed by atoms with Crippen LogP contribution in [-0.2, 0) is 6.54 Å². The quantitative estimate of drug-likeness (QED) is 0.695. The molecule has 0 unspecified atom stereocenters. The Bertz CT molecular complexity index is 267. The summed E-state index contributed by atoms with van der Waals surface area (Å²) < 4.78 is 5.01. The molecule has 0 saturated carbocycles. The molecule has 1 aromatic heterocycles. The third-order valence-electron chi connectivity index (χ3n) is 1.95. The molecule has 3 heteroatoms. The van der Waals surface area contributed by atoms with Crippen LogP contribution in [0, 0.1) is 0 Å². The Hall–Kier alpha value is -1.06.